The van der Waals surface area contributed by atoms with Crippen LogP contribution < -0.4 is 10.1 Å². The molecule has 0 unspecified atom stereocenters. The quantitative estimate of drug-likeness (QED) is 0.568. The monoisotopic (exact) mass is 398 g/mol. The first-order chi connectivity index (χ1) is 14.0. The second kappa shape index (κ2) is 8.16. The van der Waals surface area contributed by atoms with Gasteiger partial charge in [-0.3, -0.25) is 9.78 Å². The zero-order valence-corrected chi connectivity index (χ0v) is 16.1. The highest BCUT2D eigenvalue weighted by molar-refractivity contribution is 5.77. The van der Waals surface area contributed by atoms with E-state index in [4.69, 9.17) is 4.74 Å². The Morgan fingerprint density at radius 2 is 2.21 bits per heavy atom. The molecular formula is C21H23FN4O3. The standard InChI is InChI=1S/C21H23FN4O3/c1-29-16-8-13(10-23-11-16)21(12-6-15(27)7-12)26-20(28)5-4-19-24-17-3-2-14(22)9-18(17)25-19/h2-3,8-12,15,21,27H,4-7H2,1H3,(H,24,25)(H,26,28)/t12?,15?,21-/m1/s1. The summed E-state index contributed by atoms with van der Waals surface area (Å²) in [6.07, 6.45) is 4.93. The SMILES string of the molecule is COc1cncc([C@H](NC(=O)CCc2nc3ccc(F)cc3[nH]2)C2CC(O)C2)c1. The number of H-pyrrole nitrogens is 1. The van der Waals surface area contributed by atoms with Gasteiger partial charge in [0.1, 0.15) is 17.4 Å². The number of aliphatic hydroxyl groups excluding tert-OH is 1. The zero-order valence-electron chi connectivity index (χ0n) is 16.1. The molecule has 1 amide bonds. The second-order valence-electron chi connectivity index (χ2n) is 7.43. The molecule has 1 atom stereocenters. The first kappa shape index (κ1) is 19.3. The number of methoxy groups -OCH3 is 1. The Balaban J connectivity index is 1.43. The fourth-order valence-electron chi connectivity index (χ4n) is 3.72. The summed E-state index contributed by atoms with van der Waals surface area (Å²) in [5, 5.41) is 12.8. The first-order valence-corrected chi connectivity index (χ1v) is 9.62. The number of hydrogen-bond acceptors (Lipinski definition) is 5. The molecule has 3 N–H and O–H groups in total. The van der Waals surface area contributed by atoms with E-state index < -0.39 is 0 Å². The van der Waals surface area contributed by atoms with Crippen molar-refractivity contribution in [1.29, 1.82) is 0 Å². The number of hydrogen-bond donors (Lipinski definition) is 3. The minimum atomic E-state index is -0.331. The fraction of sp³-hybridized carbons (Fsp3) is 0.381. The van der Waals surface area contributed by atoms with Crippen molar-refractivity contribution >= 4 is 16.9 Å². The molecule has 1 aliphatic carbocycles. The molecule has 3 aromatic rings. The second-order valence-corrected chi connectivity index (χ2v) is 7.43. The summed E-state index contributed by atoms with van der Waals surface area (Å²) < 4.78 is 18.6. The topological polar surface area (TPSA) is 100 Å². The molecule has 2 heterocycles. The molecule has 1 fully saturated rings. The molecule has 1 aromatic carbocycles. The Labute approximate surface area is 167 Å². The zero-order chi connectivity index (χ0) is 20.4. The number of pyridine rings is 1. The van der Waals surface area contributed by atoms with Crippen molar-refractivity contribution in [2.45, 2.75) is 37.8 Å². The molecule has 0 bridgehead atoms. The lowest BCUT2D eigenvalue weighted by Gasteiger charge is -2.38. The van der Waals surface area contributed by atoms with Crippen molar-refractivity contribution < 1.29 is 19.0 Å². The van der Waals surface area contributed by atoms with Crippen LogP contribution in [0.1, 0.15) is 36.7 Å². The number of carbonyl (C=O) groups excluding carboxylic acids is 1. The molecule has 29 heavy (non-hydrogen) atoms. The third-order valence-corrected chi connectivity index (χ3v) is 5.35. The number of aromatic amines is 1. The maximum Gasteiger partial charge on any atom is 0.220 e. The molecule has 1 saturated carbocycles. The van der Waals surface area contributed by atoms with Crippen molar-refractivity contribution in [3.05, 3.63) is 53.9 Å². The lowest BCUT2D eigenvalue weighted by Crippen LogP contribution is -2.41. The molecular weight excluding hydrogens is 375 g/mol. The van der Waals surface area contributed by atoms with Crippen LogP contribution in [0.4, 0.5) is 4.39 Å². The molecule has 152 valence electrons. The van der Waals surface area contributed by atoms with Gasteiger partial charge in [-0.05, 0) is 48.6 Å². The highest BCUT2D eigenvalue weighted by Crippen LogP contribution is 2.38. The van der Waals surface area contributed by atoms with Gasteiger partial charge in [0.2, 0.25) is 5.91 Å². The van der Waals surface area contributed by atoms with Gasteiger partial charge in [-0.15, -0.1) is 0 Å². The highest BCUT2D eigenvalue weighted by Gasteiger charge is 2.36. The largest absolute Gasteiger partial charge is 0.495 e. The van der Waals surface area contributed by atoms with Crippen LogP contribution in [0, 0.1) is 11.7 Å². The molecule has 0 aliphatic heterocycles. The highest BCUT2D eigenvalue weighted by atomic mass is 19.1. The molecule has 0 spiro atoms. The average molecular weight is 398 g/mol. The Bertz CT molecular complexity index is 1020. The third kappa shape index (κ3) is 4.37. The number of halogens is 1. The number of aryl methyl sites for hydroxylation is 1. The Morgan fingerprint density at radius 1 is 1.38 bits per heavy atom. The van der Waals surface area contributed by atoms with Crippen molar-refractivity contribution in [2.75, 3.05) is 7.11 Å². The normalized spacial score (nSPS) is 19.6. The number of rotatable bonds is 7. The predicted octanol–water partition coefficient (Wildman–Crippen LogP) is 2.67. The van der Waals surface area contributed by atoms with Gasteiger partial charge in [-0.2, -0.15) is 0 Å². The maximum absolute atomic E-state index is 13.3. The number of aromatic nitrogens is 3. The third-order valence-electron chi connectivity index (χ3n) is 5.35. The Hall–Kier alpha value is -3.00. The van der Waals surface area contributed by atoms with Crippen molar-refractivity contribution in [3.8, 4) is 5.75 Å². The summed E-state index contributed by atoms with van der Waals surface area (Å²) in [4.78, 5) is 24.3. The van der Waals surface area contributed by atoms with Gasteiger partial charge >= 0.3 is 0 Å². The summed E-state index contributed by atoms with van der Waals surface area (Å²) in [5.41, 5.74) is 2.14. The van der Waals surface area contributed by atoms with Gasteiger partial charge in [0, 0.05) is 19.0 Å². The number of carbonyl (C=O) groups is 1. The van der Waals surface area contributed by atoms with Gasteiger partial charge in [0.05, 0.1) is 36.5 Å². The predicted molar refractivity (Wildman–Crippen MR) is 105 cm³/mol. The van der Waals surface area contributed by atoms with Crippen LogP contribution in [0.3, 0.4) is 0 Å². The number of ether oxygens (including phenoxy) is 1. The molecule has 2 aromatic heterocycles. The molecule has 0 saturated heterocycles. The van der Waals surface area contributed by atoms with Crippen LogP contribution >= 0.6 is 0 Å². The Kier molecular flexibility index (Phi) is 5.44. The van der Waals surface area contributed by atoms with E-state index in [1.165, 1.54) is 12.1 Å². The summed E-state index contributed by atoms with van der Waals surface area (Å²) >= 11 is 0. The van der Waals surface area contributed by atoms with E-state index in [1.54, 1.807) is 25.6 Å². The van der Waals surface area contributed by atoms with E-state index >= 15 is 0 Å². The van der Waals surface area contributed by atoms with Crippen LogP contribution in [0.2, 0.25) is 0 Å². The summed E-state index contributed by atoms with van der Waals surface area (Å²) in [7, 11) is 1.57. The van der Waals surface area contributed by atoms with E-state index in [9.17, 15) is 14.3 Å². The molecule has 1 aliphatic rings. The summed E-state index contributed by atoms with van der Waals surface area (Å²) in [5.74, 6) is 0.960. The van der Waals surface area contributed by atoms with E-state index in [0.29, 0.717) is 41.9 Å². The van der Waals surface area contributed by atoms with Crippen LogP contribution in [0.25, 0.3) is 11.0 Å². The van der Waals surface area contributed by atoms with Gasteiger partial charge < -0.3 is 20.1 Å². The van der Waals surface area contributed by atoms with Gasteiger partial charge in [-0.1, -0.05) is 0 Å². The maximum atomic E-state index is 13.3. The smallest absolute Gasteiger partial charge is 0.220 e. The Morgan fingerprint density at radius 3 is 2.97 bits per heavy atom. The number of imidazole rings is 1. The summed E-state index contributed by atoms with van der Waals surface area (Å²) in [6, 6.07) is 5.98. The van der Waals surface area contributed by atoms with Gasteiger partial charge in [-0.25, -0.2) is 9.37 Å². The average Bonchev–Trinajstić information content (AvgIpc) is 3.10. The number of nitrogens with one attached hydrogen (secondary N) is 2. The number of nitrogens with zero attached hydrogens (tertiary/aromatic N) is 2. The van der Waals surface area contributed by atoms with Crippen LogP contribution in [0.5, 0.6) is 5.75 Å². The molecule has 7 nitrogen and oxygen atoms in total. The van der Waals surface area contributed by atoms with E-state index in [0.717, 1.165) is 5.56 Å². The number of fused-ring (bicyclic) bond motifs is 1. The van der Waals surface area contributed by atoms with Gasteiger partial charge in [0.15, 0.2) is 0 Å². The number of amides is 1. The lowest BCUT2D eigenvalue weighted by molar-refractivity contribution is -0.123. The van der Waals surface area contributed by atoms with E-state index in [-0.39, 0.29) is 36.2 Å². The van der Waals surface area contributed by atoms with Crippen LogP contribution in [-0.4, -0.2) is 39.2 Å². The molecule has 8 heteroatoms. The fourth-order valence-corrected chi connectivity index (χ4v) is 3.72. The van der Waals surface area contributed by atoms with Gasteiger partial charge in [0.25, 0.3) is 0 Å². The molecule has 0 radical (unpaired) electrons. The van der Waals surface area contributed by atoms with Crippen molar-refractivity contribution in [2.24, 2.45) is 5.92 Å². The first-order valence-electron chi connectivity index (χ1n) is 9.62. The van der Waals surface area contributed by atoms with E-state index in [2.05, 4.69) is 20.3 Å². The lowest BCUT2D eigenvalue weighted by atomic mass is 9.75. The number of benzene rings is 1. The summed E-state index contributed by atoms with van der Waals surface area (Å²) in [6.45, 7) is 0. The van der Waals surface area contributed by atoms with Crippen molar-refractivity contribution in [3.63, 3.8) is 0 Å². The van der Waals surface area contributed by atoms with Crippen LogP contribution in [0.15, 0.2) is 36.7 Å². The van der Waals surface area contributed by atoms with E-state index in [1.807, 2.05) is 6.07 Å². The molecule has 4 rings (SSSR count). The van der Waals surface area contributed by atoms with Crippen molar-refractivity contribution in [1.82, 2.24) is 20.3 Å². The number of aliphatic hydroxyl groups is 1. The minimum absolute atomic E-state index is 0.120. The van der Waals surface area contributed by atoms with Crippen LogP contribution in [-0.2, 0) is 11.2 Å². The minimum Gasteiger partial charge on any atom is -0.495 e.